The van der Waals surface area contributed by atoms with Gasteiger partial charge in [-0.05, 0) is 0 Å². The van der Waals surface area contributed by atoms with Crippen LogP contribution in [0.3, 0.4) is 0 Å². The molecular weight excluding hydrogens is 116 g/mol. The standard InChI is InChI=1S/C5H14Si2/c6-4-1-2-5(7)3-4/h4-5H,1-3H2,6-7H3. The van der Waals surface area contributed by atoms with Gasteiger partial charge in [0.2, 0.25) is 0 Å². The summed E-state index contributed by atoms with van der Waals surface area (Å²) in [6.45, 7) is 0. The molecule has 7 heavy (non-hydrogen) atoms. The molecule has 0 aromatic carbocycles. The van der Waals surface area contributed by atoms with E-state index < -0.39 is 0 Å². The Balaban J connectivity index is 2.26. The van der Waals surface area contributed by atoms with Crippen molar-refractivity contribution >= 4 is 20.5 Å². The first kappa shape index (κ1) is 5.57. The number of hydrogen-bond acceptors (Lipinski definition) is 0. The molecule has 1 rings (SSSR count). The summed E-state index contributed by atoms with van der Waals surface area (Å²) in [4.78, 5) is 0. The van der Waals surface area contributed by atoms with Gasteiger partial charge in [0.1, 0.15) is 0 Å². The summed E-state index contributed by atoms with van der Waals surface area (Å²) in [5, 5.41) is 0. The Bertz CT molecular complexity index is 55.1. The predicted molar refractivity (Wildman–Crippen MR) is 41.2 cm³/mol. The van der Waals surface area contributed by atoms with Gasteiger partial charge in [0, 0.05) is 20.5 Å². The van der Waals surface area contributed by atoms with Gasteiger partial charge in [-0.1, -0.05) is 30.3 Å². The second-order valence-corrected chi connectivity index (χ2v) is 6.29. The van der Waals surface area contributed by atoms with Crippen LogP contribution in [0.5, 0.6) is 0 Å². The van der Waals surface area contributed by atoms with Crippen LogP contribution in [0.15, 0.2) is 0 Å². The van der Waals surface area contributed by atoms with E-state index in [0.29, 0.717) is 0 Å². The fraction of sp³-hybridized carbons (Fsp3) is 1.00. The van der Waals surface area contributed by atoms with Crippen molar-refractivity contribution < 1.29 is 0 Å². The molecule has 0 amide bonds. The van der Waals surface area contributed by atoms with E-state index >= 15 is 0 Å². The lowest BCUT2D eigenvalue weighted by atomic mass is 10.4. The fourth-order valence-corrected chi connectivity index (χ4v) is 4.71. The van der Waals surface area contributed by atoms with Gasteiger partial charge >= 0.3 is 0 Å². The summed E-state index contributed by atoms with van der Waals surface area (Å²) in [5.41, 5.74) is 2.39. The SMILES string of the molecule is [SiH3]C1CCC([SiH3])C1. The lowest BCUT2D eigenvalue weighted by molar-refractivity contribution is 0.878. The summed E-state index contributed by atoms with van der Waals surface area (Å²) in [6.07, 6.45) is 4.74. The maximum Gasteiger partial charge on any atom is 0.00672 e. The molecule has 1 saturated carbocycles. The third kappa shape index (κ3) is 1.42. The smallest absolute Gasteiger partial charge is 0.00672 e. The average molecular weight is 130 g/mol. The van der Waals surface area contributed by atoms with Crippen molar-refractivity contribution in [3.8, 4) is 0 Å². The zero-order valence-electron chi connectivity index (χ0n) is 5.28. The zero-order chi connectivity index (χ0) is 5.28. The molecule has 0 nitrogen and oxygen atoms in total. The van der Waals surface area contributed by atoms with Crippen molar-refractivity contribution in [3.05, 3.63) is 0 Å². The van der Waals surface area contributed by atoms with Gasteiger partial charge in [-0.15, -0.1) is 0 Å². The minimum atomic E-state index is 1.20. The molecule has 0 spiro atoms. The molecule has 0 aliphatic heterocycles. The summed E-state index contributed by atoms with van der Waals surface area (Å²) in [6, 6.07) is 0. The monoisotopic (exact) mass is 130 g/mol. The molecule has 1 aliphatic rings. The molecule has 0 bridgehead atoms. The molecule has 0 heterocycles. The quantitative estimate of drug-likeness (QED) is 0.387. The number of hydrogen-bond donors (Lipinski definition) is 0. The van der Waals surface area contributed by atoms with Gasteiger partial charge in [0.25, 0.3) is 0 Å². The van der Waals surface area contributed by atoms with Gasteiger partial charge in [-0.25, -0.2) is 0 Å². The Morgan fingerprint density at radius 3 is 1.57 bits per heavy atom. The fourth-order valence-electron chi connectivity index (χ4n) is 1.49. The molecule has 0 saturated heterocycles. The Morgan fingerprint density at radius 1 is 1.00 bits per heavy atom. The van der Waals surface area contributed by atoms with Crippen LogP contribution in [0.25, 0.3) is 0 Å². The van der Waals surface area contributed by atoms with Crippen molar-refractivity contribution in [1.82, 2.24) is 0 Å². The van der Waals surface area contributed by atoms with Crippen LogP contribution in [0.2, 0.25) is 11.1 Å². The van der Waals surface area contributed by atoms with Crippen molar-refractivity contribution in [2.45, 2.75) is 30.3 Å². The highest BCUT2D eigenvalue weighted by molar-refractivity contribution is 6.15. The minimum Gasteiger partial charge on any atom is -0.0546 e. The van der Waals surface area contributed by atoms with Gasteiger partial charge in [-0.2, -0.15) is 0 Å². The highest BCUT2D eigenvalue weighted by atomic mass is 28.1. The van der Waals surface area contributed by atoms with Crippen LogP contribution < -0.4 is 0 Å². The average Bonchev–Trinajstić information content (AvgIpc) is 1.87. The molecule has 42 valence electrons. The van der Waals surface area contributed by atoms with Crippen LogP contribution in [0.1, 0.15) is 19.3 Å². The Labute approximate surface area is 51.5 Å². The van der Waals surface area contributed by atoms with E-state index in [9.17, 15) is 0 Å². The Hall–Kier alpha value is 0.434. The second kappa shape index (κ2) is 2.13. The zero-order valence-corrected chi connectivity index (χ0v) is 9.28. The molecule has 1 fully saturated rings. The molecule has 0 aromatic heterocycles. The predicted octanol–water partition coefficient (Wildman–Crippen LogP) is -0.522. The Kier molecular flexibility index (Phi) is 1.70. The molecule has 1 aliphatic carbocycles. The van der Waals surface area contributed by atoms with E-state index in [1.165, 1.54) is 31.6 Å². The van der Waals surface area contributed by atoms with E-state index in [-0.39, 0.29) is 0 Å². The van der Waals surface area contributed by atoms with Gasteiger partial charge < -0.3 is 0 Å². The first-order valence-electron chi connectivity index (χ1n) is 3.29. The largest absolute Gasteiger partial charge is 0.0546 e. The van der Waals surface area contributed by atoms with E-state index in [1.807, 2.05) is 0 Å². The van der Waals surface area contributed by atoms with Crippen molar-refractivity contribution in [1.29, 1.82) is 0 Å². The van der Waals surface area contributed by atoms with Gasteiger partial charge in [0.15, 0.2) is 0 Å². The van der Waals surface area contributed by atoms with Gasteiger partial charge in [-0.3, -0.25) is 0 Å². The molecule has 2 atom stereocenters. The molecule has 2 unspecified atom stereocenters. The summed E-state index contributed by atoms with van der Waals surface area (Å²) in [5.74, 6) is 0. The highest BCUT2D eigenvalue weighted by Gasteiger charge is 2.15. The molecule has 2 heteroatoms. The van der Waals surface area contributed by atoms with Crippen molar-refractivity contribution in [2.75, 3.05) is 0 Å². The lowest BCUT2D eigenvalue weighted by Gasteiger charge is -1.96. The van der Waals surface area contributed by atoms with E-state index in [0.717, 1.165) is 0 Å². The summed E-state index contributed by atoms with van der Waals surface area (Å²) < 4.78 is 0. The first-order valence-corrected chi connectivity index (χ1v) is 5.60. The molecule has 0 radical (unpaired) electrons. The maximum absolute atomic E-state index is 1.60. The third-order valence-corrected chi connectivity index (χ3v) is 4.05. The van der Waals surface area contributed by atoms with Crippen molar-refractivity contribution in [3.63, 3.8) is 0 Å². The highest BCUT2D eigenvalue weighted by Crippen LogP contribution is 2.34. The number of rotatable bonds is 0. The van der Waals surface area contributed by atoms with E-state index in [4.69, 9.17) is 0 Å². The molecular formula is C5H14Si2. The van der Waals surface area contributed by atoms with E-state index in [1.54, 1.807) is 19.3 Å². The maximum atomic E-state index is 1.60. The second-order valence-electron chi connectivity index (χ2n) is 3.02. The summed E-state index contributed by atoms with van der Waals surface area (Å²) >= 11 is 0. The minimum absolute atomic E-state index is 1.20. The molecule has 0 N–H and O–H groups in total. The van der Waals surface area contributed by atoms with Crippen LogP contribution in [-0.2, 0) is 0 Å². The summed E-state index contributed by atoms with van der Waals surface area (Å²) in [7, 11) is 2.93. The normalized spacial score (nSPS) is 42.9. The van der Waals surface area contributed by atoms with Crippen LogP contribution in [0.4, 0.5) is 0 Å². The molecule has 0 aromatic rings. The first-order chi connectivity index (χ1) is 3.29. The Morgan fingerprint density at radius 2 is 1.43 bits per heavy atom. The third-order valence-electron chi connectivity index (χ3n) is 1.96. The van der Waals surface area contributed by atoms with E-state index in [2.05, 4.69) is 0 Å². The van der Waals surface area contributed by atoms with Crippen LogP contribution in [-0.4, -0.2) is 20.5 Å². The van der Waals surface area contributed by atoms with Crippen molar-refractivity contribution in [2.24, 2.45) is 0 Å². The van der Waals surface area contributed by atoms with Crippen LogP contribution in [0, 0.1) is 0 Å². The lowest BCUT2D eigenvalue weighted by Crippen LogP contribution is -1.83. The van der Waals surface area contributed by atoms with Crippen LogP contribution >= 0.6 is 0 Å². The van der Waals surface area contributed by atoms with Gasteiger partial charge in [0.05, 0.1) is 0 Å². The topological polar surface area (TPSA) is 0 Å².